The Kier molecular flexibility index (Phi) is 3.66. The van der Waals surface area contributed by atoms with Gasteiger partial charge < -0.3 is 14.8 Å². The molecule has 1 N–H and O–H groups in total. The van der Waals surface area contributed by atoms with Crippen molar-refractivity contribution in [2.75, 3.05) is 25.6 Å². The topological polar surface area (TPSA) is 56.3 Å². The number of rotatable bonds is 5. The smallest absolute Gasteiger partial charge is 0.160 e. The molecule has 0 spiro atoms. The monoisotopic (exact) mass is 263 g/mol. The third-order valence-electron chi connectivity index (χ3n) is 3.73. The van der Waals surface area contributed by atoms with Crippen LogP contribution in [-0.4, -0.2) is 30.2 Å². The second-order valence-corrected chi connectivity index (χ2v) is 5.12. The van der Waals surface area contributed by atoms with E-state index in [0.717, 1.165) is 35.9 Å². The summed E-state index contributed by atoms with van der Waals surface area (Å²) in [4.78, 5) is 9.40. The molecule has 1 saturated carbocycles. The maximum atomic E-state index is 5.86. The molecule has 3 rings (SSSR count). The van der Waals surface area contributed by atoms with Crippen LogP contribution in [0.1, 0.15) is 43.0 Å². The molecule has 0 amide bonds. The first-order chi connectivity index (χ1) is 9.33. The van der Waals surface area contributed by atoms with Gasteiger partial charge in [-0.15, -0.1) is 0 Å². The lowest BCUT2D eigenvalue weighted by atomic mass is 10.1. The quantitative estimate of drug-likeness (QED) is 0.881. The van der Waals surface area contributed by atoms with Crippen molar-refractivity contribution in [3.8, 4) is 0 Å². The first kappa shape index (κ1) is 12.8. The fourth-order valence-electron chi connectivity index (χ4n) is 2.58. The van der Waals surface area contributed by atoms with Crippen LogP contribution in [0.3, 0.4) is 0 Å². The number of ether oxygens (including phenoxy) is 2. The summed E-state index contributed by atoms with van der Waals surface area (Å²) in [5, 5.41) is 3.17. The molecule has 0 aromatic carbocycles. The van der Waals surface area contributed by atoms with Crippen molar-refractivity contribution in [2.24, 2.45) is 5.92 Å². The lowest BCUT2D eigenvalue weighted by molar-refractivity contribution is 0.0393. The molecule has 104 valence electrons. The Hall–Kier alpha value is -1.20. The fraction of sp³-hybridized carbons (Fsp3) is 0.714. The summed E-state index contributed by atoms with van der Waals surface area (Å²) in [6, 6.07) is 0. The second-order valence-electron chi connectivity index (χ2n) is 5.12. The average molecular weight is 263 g/mol. The van der Waals surface area contributed by atoms with Crippen LogP contribution in [0.5, 0.6) is 0 Å². The van der Waals surface area contributed by atoms with Crippen LogP contribution in [0.15, 0.2) is 0 Å². The van der Waals surface area contributed by atoms with E-state index in [4.69, 9.17) is 14.5 Å². The molecule has 1 fully saturated rings. The van der Waals surface area contributed by atoms with Crippen molar-refractivity contribution in [2.45, 2.75) is 38.9 Å². The Morgan fingerprint density at radius 2 is 2.26 bits per heavy atom. The minimum absolute atomic E-state index is 0.0604. The first-order valence-electron chi connectivity index (χ1n) is 7.10. The van der Waals surface area contributed by atoms with Gasteiger partial charge in [-0.25, -0.2) is 9.97 Å². The summed E-state index contributed by atoms with van der Waals surface area (Å²) in [5.41, 5.74) is 2.22. The van der Waals surface area contributed by atoms with E-state index in [0.29, 0.717) is 19.1 Å². The molecule has 0 bridgehead atoms. The van der Waals surface area contributed by atoms with Crippen LogP contribution in [-0.2, 0) is 22.5 Å². The number of fused-ring (bicyclic) bond motifs is 1. The number of hydrogen-bond donors (Lipinski definition) is 1. The number of hydrogen-bond acceptors (Lipinski definition) is 5. The van der Waals surface area contributed by atoms with Gasteiger partial charge in [0.1, 0.15) is 11.9 Å². The predicted molar refractivity (Wildman–Crippen MR) is 72.0 cm³/mol. The van der Waals surface area contributed by atoms with Crippen LogP contribution >= 0.6 is 0 Å². The fourth-order valence-corrected chi connectivity index (χ4v) is 2.58. The van der Waals surface area contributed by atoms with E-state index in [-0.39, 0.29) is 6.10 Å². The Balaban J connectivity index is 1.96. The minimum Gasteiger partial charge on any atom is -0.376 e. The van der Waals surface area contributed by atoms with Crippen molar-refractivity contribution in [3.63, 3.8) is 0 Å². The number of anilines is 1. The van der Waals surface area contributed by atoms with Gasteiger partial charge in [-0.1, -0.05) is 0 Å². The Labute approximate surface area is 113 Å². The van der Waals surface area contributed by atoms with E-state index in [9.17, 15) is 0 Å². The molecule has 1 unspecified atom stereocenters. The van der Waals surface area contributed by atoms with Gasteiger partial charge in [0.2, 0.25) is 0 Å². The molecular formula is C14H21N3O2. The van der Waals surface area contributed by atoms with Crippen molar-refractivity contribution in [1.82, 2.24) is 9.97 Å². The van der Waals surface area contributed by atoms with Crippen molar-refractivity contribution < 1.29 is 9.47 Å². The van der Waals surface area contributed by atoms with Gasteiger partial charge >= 0.3 is 0 Å². The lowest BCUT2D eigenvalue weighted by Crippen LogP contribution is -2.20. The average Bonchev–Trinajstić information content (AvgIpc) is 3.28. The highest BCUT2D eigenvalue weighted by atomic mass is 16.5. The van der Waals surface area contributed by atoms with E-state index >= 15 is 0 Å². The minimum atomic E-state index is 0.0604. The molecule has 2 aliphatic rings. The SMILES string of the molecule is CCOC(c1nc2c(c(NC)n1)COCC2)C1CC1. The molecule has 5 nitrogen and oxygen atoms in total. The molecular weight excluding hydrogens is 242 g/mol. The van der Waals surface area contributed by atoms with Crippen LogP contribution in [0.25, 0.3) is 0 Å². The van der Waals surface area contributed by atoms with E-state index < -0.39 is 0 Å². The summed E-state index contributed by atoms with van der Waals surface area (Å²) >= 11 is 0. The molecule has 1 aromatic heterocycles. The third-order valence-corrected chi connectivity index (χ3v) is 3.73. The van der Waals surface area contributed by atoms with Crippen LogP contribution in [0.2, 0.25) is 0 Å². The highest BCUT2D eigenvalue weighted by Gasteiger charge is 2.35. The summed E-state index contributed by atoms with van der Waals surface area (Å²) < 4.78 is 11.4. The standard InChI is InChI=1S/C14H21N3O2/c1-3-19-12(9-4-5-9)14-16-11-6-7-18-8-10(11)13(15-2)17-14/h9,12H,3-8H2,1-2H3,(H,15,16,17). The molecule has 1 aliphatic heterocycles. The molecule has 1 aliphatic carbocycles. The summed E-state index contributed by atoms with van der Waals surface area (Å²) in [6.07, 6.45) is 3.38. The van der Waals surface area contributed by atoms with Crippen molar-refractivity contribution >= 4 is 5.82 Å². The summed E-state index contributed by atoms with van der Waals surface area (Å²) in [5.74, 6) is 2.34. The van der Waals surface area contributed by atoms with Gasteiger partial charge in [0.05, 0.1) is 18.9 Å². The molecule has 0 saturated heterocycles. The molecule has 19 heavy (non-hydrogen) atoms. The third kappa shape index (κ3) is 2.58. The maximum absolute atomic E-state index is 5.86. The van der Waals surface area contributed by atoms with E-state index in [1.807, 2.05) is 14.0 Å². The molecule has 0 radical (unpaired) electrons. The van der Waals surface area contributed by atoms with Gasteiger partial charge in [-0.05, 0) is 25.7 Å². The van der Waals surface area contributed by atoms with Gasteiger partial charge in [0.25, 0.3) is 0 Å². The first-order valence-corrected chi connectivity index (χ1v) is 7.10. The highest BCUT2D eigenvalue weighted by molar-refractivity contribution is 5.46. The zero-order chi connectivity index (χ0) is 13.2. The lowest BCUT2D eigenvalue weighted by Gasteiger charge is -2.22. The summed E-state index contributed by atoms with van der Waals surface area (Å²) in [6.45, 7) is 4.09. The largest absolute Gasteiger partial charge is 0.376 e. The number of nitrogens with zero attached hydrogens (tertiary/aromatic N) is 2. The van der Waals surface area contributed by atoms with Crippen LogP contribution in [0.4, 0.5) is 5.82 Å². The second kappa shape index (κ2) is 5.43. The predicted octanol–water partition coefficient (Wildman–Crippen LogP) is 2.08. The van der Waals surface area contributed by atoms with Gasteiger partial charge in [0.15, 0.2) is 5.82 Å². The highest BCUT2D eigenvalue weighted by Crippen LogP contribution is 2.42. The van der Waals surface area contributed by atoms with Crippen LogP contribution in [0, 0.1) is 5.92 Å². The normalized spacial score (nSPS) is 19.9. The number of aromatic nitrogens is 2. The maximum Gasteiger partial charge on any atom is 0.160 e. The van der Waals surface area contributed by atoms with E-state index in [1.165, 1.54) is 12.8 Å². The zero-order valence-electron chi connectivity index (χ0n) is 11.6. The molecule has 5 heteroatoms. The van der Waals surface area contributed by atoms with E-state index in [2.05, 4.69) is 10.3 Å². The van der Waals surface area contributed by atoms with Gasteiger partial charge in [0, 0.05) is 25.6 Å². The Bertz CT molecular complexity index is 443. The van der Waals surface area contributed by atoms with Gasteiger partial charge in [-0.3, -0.25) is 0 Å². The molecule has 1 atom stereocenters. The van der Waals surface area contributed by atoms with Crippen molar-refractivity contribution in [1.29, 1.82) is 0 Å². The Morgan fingerprint density at radius 3 is 2.95 bits per heavy atom. The van der Waals surface area contributed by atoms with Crippen LogP contribution < -0.4 is 5.32 Å². The molecule has 2 heterocycles. The number of nitrogens with one attached hydrogen (secondary N) is 1. The van der Waals surface area contributed by atoms with Crippen molar-refractivity contribution in [3.05, 3.63) is 17.1 Å². The van der Waals surface area contributed by atoms with Gasteiger partial charge in [-0.2, -0.15) is 0 Å². The Morgan fingerprint density at radius 1 is 1.42 bits per heavy atom. The van der Waals surface area contributed by atoms with E-state index in [1.54, 1.807) is 0 Å². The summed E-state index contributed by atoms with van der Waals surface area (Å²) in [7, 11) is 1.90. The molecule has 1 aromatic rings. The zero-order valence-corrected chi connectivity index (χ0v) is 11.6.